The van der Waals surface area contributed by atoms with Crippen LogP contribution in [0.2, 0.25) is 10.0 Å². The number of halogens is 2. The summed E-state index contributed by atoms with van der Waals surface area (Å²) in [6, 6.07) is 15.5. The predicted molar refractivity (Wildman–Crippen MR) is 103 cm³/mol. The smallest absolute Gasteiger partial charge is 0.252 e. The number of piperidine rings is 1. The first-order valence-corrected chi connectivity index (χ1v) is 9.37. The highest BCUT2D eigenvalue weighted by molar-refractivity contribution is 6.35. The Bertz CT molecular complexity index is 713. The third kappa shape index (κ3) is 5.21. The van der Waals surface area contributed by atoms with Crippen molar-refractivity contribution in [3.8, 4) is 0 Å². The molecular weight excluding hydrogens is 355 g/mol. The zero-order chi connectivity index (χ0) is 17.6. The lowest BCUT2D eigenvalue weighted by Gasteiger charge is -2.32. The molecule has 5 heteroatoms. The maximum absolute atomic E-state index is 12.3. The van der Waals surface area contributed by atoms with Crippen molar-refractivity contribution in [3.05, 3.63) is 69.7 Å². The third-order valence-corrected chi connectivity index (χ3v) is 5.25. The Labute approximate surface area is 158 Å². The van der Waals surface area contributed by atoms with Crippen LogP contribution >= 0.6 is 23.2 Å². The van der Waals surface area contributed by atoms with E-state index in [9.17, 15) is 4.79 Å². The van der Waals surface area contributed by atoms with Crippen molar-refractivity contribution in [2.45, 2.75) is 19.4 Å². The van der Waals surface area contributed by atoms with Crippen LogP contribution < -0.4 is 5.32 Å². The van der Waals surface area contributed by atoms with E-state index in [1.54, 1.807) is 18.2 Å². The van der Waals surface area contributed by atoms with Crippen LogP contribution in [0, 0.1) is 5.92 Å². The summed E-state index contributed by atoms with van der Waals surface area (Å²) in [5.74, 6) is 0.355. The summed E-state index contributed by atoms with van der Waals surface area (Å²) < 4.78 is 0. The van der Waals surface area contributed by atoms with Crippen molar-refractivity contribution >= 4 is 29.1 Å². The lowest BCUT2D eigenvalue weighted by Crippen LogP contribution is -2.38. The number of carbonyl (C=O) groups excluding carboxylic acids is 1. The van der Waals surface area contributed by atoms with Crippen LogP contribution in [0.5, 0.6) is 0 Å². The van der Waals surface area contributed by atoms with Gasteiger partial charge < -0.3 is 5.32 Å². The van der Waals surface area contributed by atoms with Crippen molar-refractivity contribution in [1.82, 2.24) is 10.2 Å². The van der Waals surface area contributed by atoms with Crippen LogP contribution in [0.25, 0.3) is 0 Å². The van der Waals surface area contributed by atoms with Gasteiger partial charge in [-0.05, 0) is 55.6 Å². The number of amides is 1. The largest absolute Gasteiger partial charge is 0.352 e. The average molecular weight is 377 g/mol. The molecule has 0 spiro atoms. The van der Waals surface area contributed by atoms with Crippen LogP contribution in [0.15, 0.2) is 48.5 Å². The molecule has 1 saturated heterocycles. The zero-order valence-corrected chi connectivity index (χ0v) is 15.6. The molecule has 0 aliphatic carbocycles. The standard InChI is InChI=1S/C20H22Cl2N2O/c21-17-6-7-19(22)18(12-17)20(25)23-13-15-8-10-24(11-9-15)14-16-4-2-1-3-5-16/h1-7,12,15H,8-11,13-14H2,(H,23,25). The molecule has 0 radical (unpaired) electrons. The molecule has 3 nitrogen and oxygen atoms in total. The fourth-order valence-electron chi connectivity index (χ4n) is 3.19. The number of hydrogen-bond donors (Lipinski definition) is 1. The summed E-state index contributed by atoms with van der Waals surface area (Å²) in [7, 11) is 0. The van der Waals surface area contributed by atoms with Crippen LogP contribution in [0.3, 0.4) is 0 Å². The second kappa shape index (κ2) is 8.70. The monoisotopic (exact) mass is 376 g/mol. The van der Waals surface area contributed by atoms with E-state index in [1.807, 2.05) is 6.07 Å². The van der Waals surface area contributed by atoms with E-state index in [-0.39, 0.29) is 5.91 Å². The van der Waals surface area contributed by atoms with E-state index in [1.165, 1.54) is 5.56 Å². The molecule has 3 rings (SSSR count). The molecule has 25 heavy (non-hydrogen) atoms. The van der Waals surface area contributed by atoms with E-state index in [0.29, 0.717) is 28.1 Å². The van der Waals surface area contributed by atoms with Gasteiger partial charge in [-0.25, -0.2) is 0 Å². The minimum absolute atomic E-state index is 0.154. The molecule has 1 aliphatic rings. The fraction of sp³-hybridized carbons (Fsp3) is 0.350. The highest BCUT2D eigenvalue weighted by Gasteiger charge is 2.20. The molecule has 0 aromatic heterocycles. The Hall–Kier alpha value is -1.55. The quantitative estimate of drug-likeness (QED) is 0.824. The van der Waals surface area contributed by atoms with E-state index in [4.69, 9.17) is 23.2 Å². The molecule has 0 saturated carbocycles. The van der Waals surface area contributed by atoms with Crippen molar-refractivity contribution in [1.29, 1.82) is 0 Å². The van der Waals surface area contributed by atoms with E-state index < -0.39 is 0 Å². The Morgan fingerprint density at radius 3 is 2.52 bits per heavy atom. The molecule has 0 atom stereocenters. The Balaban J connectivity index is 1.45. The SMILES string of the molecule is O=C(NCC1CCN(Cc2ccccc2)CC1)c1cc(Cl)ccc1Cl. The zero-order valence-electron chi connectivity index (χ0n) is 14.1. The van der Waals surface area contributed by atoms with E-state index in [0.717, 1.165) is 32.5 Å². The van der Waals surface area contributed by atoms with E-state index in [2.05, 4.69) is 34.5 Å². The molecule has 132 valence electrons. The van der Waals surface area contributed by atoms with Gasteiger partial charge in [-0.2, -0.15) is 0 Å². The van der Waals surface area contributed by atoms with Gasteiger partial charge in [0.15, 0.2) is 0 Å². The van der Waals surface area contributed by atoms with Crippen LogP contribution in [0.1, 0.15) is 28.8 Å². The first kappa shape index (κ1) is 18.2. The third-order valence-electron chi connectivity index (χ3n) is 4.68. The number of hydrogen-bond acceptors (Lipinski definition) is 2. The number of carbonyl (C=O) groups is 1. The number of nitrogens with one attached hydrogen (secondary N) is 1. The molecule has 0 unspecified atom stereocenters. The number of likely N-dealkylation sites (tertiary alicyclic amines) is 1. The molecule has 0 bridgehead atoms. The Kier molecular flexibility index (Phi) is 6.35. The first-order chi connectivity index (χ1) is 12.1. The minimum Gasteiger partial charge on any atom is -0.352 e. The van der Waals surface area contributed by atoms with Gasteiger partial charge in [-0.1, -0.05) is 53.5 Å². The van der Waals surface area contributed by atoms with Gasteiger partial charge in [0.2, 0.25) is 0 Å². The molecular formula is C20H22Cl2N2O. The molecule has 1 aliphatic heterocycles. The van der Waals surface area contributed by atoms with Gasteiger partial charge in [0.1, 0.15) is 0 Å². The van der Waals surface area contributed by atoms with Crippen LogP contribution in [-0.2, 0) is 6.54 Å². The Morgan fingerprint density at radius 1 is 1.08 bits per heavy atom. The normalized spacial score (nSPS) is 15.9. The lowest BCUT2D eigenvalue weighted by molar-refractivity contribution is 0.0935. The number of nitrogens with zero attached hydrogens (tertiary/aromatic N) is 1. The molecule has 2 aromatic carbocycles. The van der Waals surface area contributed by atoms with Gasteiger partial charge >= 0.3 is 0 Å². The summed E-state index contributed by atoms with van der Waals surface area (Å²) in [5.41, 5.74) is 1.79. The fourth-order valence-corrected chi connectivity index (χ4v) is 3.57. The maximum atomic E-state index is 12.3. The van der Waals surface area contributed by atoms with E-state index >= 15 is 0 Å². The maximum Gasteiger partial charge on any atom is 0.252 e. The second-order valence-electron chi connectivity index (χ2n) is 6.54. The highest BCUT2D eigenvalue weighted by Crippen LogP contribution is 2.22. The molecule has 1 fully saturated rings. The summed E-state index contributed by atoms with van der Waals surface area (Å²) in [4.78, 5) is 14.8. The molecule has 1 amide bonds. The summed E-state index contributed by atoms with van der Waals surface area (Å²) in [6.07, 6.45) is 2.19. The van der Waals surface area contributed by atoms with Gasteiger partial charge in [-0.3, -0.25) is 9.69 Å². The highest BCUT2D eigenvalue weighted by atomic mass is 35.5. The van der Waals surface area contributed by atoms with Crippen molar-refractivity contribution in [2.75, 3.05) is 19.6 Å². The predicted octanol–water partition coefficient (Wildman–Crippen LogP) is 4.64. The van der Waals surface area contributed by atoms with Crippen molar-refractivity contribution in [3.63, 3.8) is 0 Å². The minimum atomic E-state index is -0.154. The summed E-state index contributed by atoms with van der Waals surface area (Å²) in [5, 5.41) is 3.95. The summed E-state index contributed by atoms with van der Waals surface area (Å²) >= 11 is 12.0. The number of rotatable bonds is 5. The van der Waals surface area contributed by atoms with Crippen molar-refractivity contribution in [2.24, 2.45) is 5.92 Å². The molecule has 1 N–H and O–H groups in total. The first-order valence-electron chi connectivity index (χ1n) is 8.61. The summed E-state index contributed by atoms with van der Waals surface area (Å²) in [6.45, 7) is 3.81. The van der Waals surface area contributed by atoms with Gasteiger partial charge in [0, 0.05) is 18.1 Å². The topological polar surface area (TPSA) is 32.3 Å². The Morgan fingerprint density at radius 2 is 1.80 bits per heavy atom. The lowest BCUT2D eigenvalue weighted by atomic mass is 9.96. The van der Waals surface area contributed by atoms with Crippen molar-refractivity contribution < 1.29 is 4.79 Å². The van der Waals surface area contributed by atoms with Gasteiger partial charge in [0.05, 0.1) is 10.6 Å². The van der Waals surface area contributed by atoms with Crippen LogP contribution in [-0.4, -0.2) is 30.4 Å². The number of benzene rings is 2. The van der Waals surface area contributed by atoms with Gasteiger partial charge in [-0.15, -0.1) is 0 Å². The van der Waals surface area contributed by atoms with Gasteiger partial charge in [0.25, 0.3) is 5.91 Å². The molecule has 1 heterocycles. The second-order valence-corrected chi connectivity index (χ2v) is 7.38. The average Bonchev–Trinajstić information content (AvgIpc) is 2.64. The van der Waals surface area contributed by atoms with Crippen LogP contribution in [0.4, 0.5) is 0 Å². The molecule has 2 aromatic rings.